The van der Waals surface area contributed by atoms with E-state index in [2.05, 4.69) is 11.7 Å². The van der Waals surface area contributed by atoms with Gasteiger partial charge in [-0.1, -0.05) is 81.4 Å². The first-order valence-electron chi connectivity index (χ1n) is 13.5. The van der Waals surface area contributed by atoms with Crippen molar-refractivity contribution in [3.8, 4) is 16.9 Å². The van der Waals surface area contributed by atoms with Gasteiger partial charge in [0.2, 0.25) is 0 Å². The third-order valence-electron chi connectivity index (χ3n) is 8.44. The van der Waals surface area contributed by atoms with Gasteiger partial charge in [-0.25, -0.2) is 4.39 Å². The van der Waals surface area contributed by atoms with Gasteiger partial charge in [-0.05, 0) is 78.3 Å². The zero-order chi connectivity index (χ0) is 24.8. The molecule has 1 saturated heterocycles. The highest BCUT2D eigenvalue weighted by molar-refractivity contribution is 6.58. The Hall–Kier alpha value is -1.82. The van der Waals surface area contributed by atoms with Crippen LogP contribution < -0.4 is 4.74 Å². The van der Waals surface area contributed by atoms with Crippen LogP contribution in [0.4, 0.5) is 17.6 Å². The molecule has 0 bridgehead atoms. The maximum absolute atomic E-state index is 14.8. The second-order valence-electron chi connectivity index (χ2n) is 10.8. The van der Waals surface area contributed by atoms with E-state index in [-0.39, 0.29) is 11.6 Å². The van der Waals surface area contributed by atoms with Crippen LogP contribution in [0.1, 0.15) is 63.9 Å². The average molecular weight is 507 g/mol. The van der Waals surface area contributed by atoms with Crippen LogP contribution in [-0.4, -0.2) is 15.2 Å². The van der Waals surface area contributed by atoms with E-state index in [0.717, 1.165) is 30.2 Å². The summed E-state index contributed by atoms with van der Waals surface area (Å²) >= 11 is 0. The van der Waals surface area contributed by atoms with Crippen LogP contribution in [0.5, 0.6) is 5.75 Å². The zero-order valence-corrected chi connectivity index (χ0v) is 21.9. The molecule has 6 heteroatoms. The zero-order valence-electron chi connectivity index (χ0n) is 20.8. The summed E-state index contributed by atoms with van der Waals surface area (Å²) in [6.07, 6.45) is 6.68. The first-order chi connectivity index (χ1) is 16.8. The van der Waals surface area contributed by atoms with E-state index < -0.39 is 15.2 Å². The highest BCUT2D eigenvalue weighted by Crippen LogP contribution is 2.42. The summed E-state index contributed by atoms with van der Waals surface area (Å²) in [5, 5.41) is 0. The van der Waals surface area contributed by atoms with Gasteiger partial charge in [-0.3, -0.25) is 0 Å². The van der Waals surface area contributed by atoms with Crippen molar-refractivity contribution in [1.82, 2.24) is 0 Å². The molecule has 1 aliphatic carbocycles. The van der Waals surface area contributed by atoms with Crippen molar-refractivity contribution < 1.29 is 22.3 Å². The molecule has 2 aliphatic rings. The lowest BCUT2D eigenvalue weighted by atomic mass is 9.73. The molecule has 0 aromatic heterocycles. The molecular weight excluding hydrogens is 468 g/mol. The highest BCUT2D eigenvalue weighted by Gasteiger charge is 2.32. The lowest BCUT2D eigenvalue weighted by molar-refractivity contribution is -0.274. The fraction of sp³-hybridized carbons (Fsp3) is 0.586. The molecule has 2 fully saturated rings. The molecule has 192 valence electrons. The van der Waals surface area contributed by atoms with Crippen LogP contribution in [0.3, 0.4) is 0 Å². The average Bonchev–Trinajstić information content (AvgIpc) is 2.84. The van der Waals surface area contributed by atoms with Crippen molar-refractivity contribution in [2.75, 3.05) is 0 Å². The topological polar surface area (TPSA) is 9.23 Å². The smallest absolute Gasteiger partial charge is 0.406 e. The summed E-state index contributed by atoms with van der Waals surface area (Å²) in [5.41, 5.74) is 2.05. The van der Waals surface area contributed by atoms with Gasteiger partial charge in [0, 0.05) is 8.80 Å². The van der Waals surface area contributed by atoms with E-state index in [4.69, 9.17) is 0 Å². The Morgan fingerprint density at radius 2 is 1.49 bits per heavy atom. The van der Waals surface area contributed by atoms with Crippen molar-refractivity contribution >= 4 is 8.80 Å². The molecule has 0 spiro atoms. The largest absolute Gasteiger partial charge is 0.573 e. The van der Waals surface area contributed by atoms with Gasteiger partial charge in [0.15, 0.2) is 0 Å². The summed E-state index contributed by atoms with van der Waals surface area (Å²) in [6.45, 7) is 2.33. The number of alkyl halides is 3. The van der Waals surface area contributed by atoms with Crippen molar-refractivity contribution in [1.29, 1.82) is 0 Å². The molecule has 1 aliphatic heterocycles. The van der Waals surface area contributed by atoms with Gasteiger partial charge in [0.05, 0.1) is 0 Å². The van der Waals surface area contributed by atoms with E-state index in [1.165, 1.54) is 75.3 Å². The molecule has 4 rings (SSSR count). The molecule has 1 saturated carbocycles. The minimum atomic E-state index is -4.72. The van der Waals surface area contributed by atoms with E-state index >= 15 is 0 Å². The Morgan fingerprint density at radius 1 is 0.857 bits per heavy atom. The number of aryl methyl sites for hydroxylation is 1. The Morgan fingerprint density at radius 3 is 2.09 bits per heavy atom. The first-order valence-corrected chi connectivity index (χ1v) is 15.9. The van der Waals surface area contributed by atoms with Gasteiger partial charge in [-0.2, -0.15) is 0 Å². The molecule has 0 atom stereocenters. The molecule has 2 aromatic rings. The molecule has 0 unspecified atom stereocenters. The number of benzene rings is 2. The number of ether oxygens (including phenoxy) is 1. The van der Waals surface area contributed by atoms with E-state index in [9.17, 15) is 17.6 Å². The second kappa shape index (κ2) is 11.9. The van der Waals surface area contributed by atoms with Gasteiger partial charge < -0.3 is 4.74 Å². The number of hydrogen-bond acceptors (Lipinski definition) is 1. The molecular formula is C29H38F4OSi. The Bertz CT molecular complexity index is 927. The number of halogens is 4. The van der Waals surface area contributed by atoms with Gasteiger partial charge >= 0.3 is 6.36 Å². The second-order valence-corrected chi connectivity index (χ2v) is 14.2. The van der Waals surface area contributed by atoms with Gasteiger partial charge in [-0.15, -0.1) is 13.2 Å². The Balaban J connectivity index is 1.24. The highest BCUT2D eigenvalue weighted by atomic mass is 28.3. The fourth-order valence-electron chi connectivity index (χ4n) is 6.44. The first kappa shape index (κ1) is 26.2. The fourth-order valence-corrected chi connectivity index (χ4v) is 9.92. The van der Waals surface area contributed by atoms with Crippen molar-refractivity contribution in [2.45, 2.75) is 89.2 Å². The van der Waals surface area contributed by atoms with Crippen LogP contribution in [0.2, 0.25) is 18.1 Å². The maximum Gasteiger partial charge on any atom is 0.573 e. The van der Waals surface area contributed by atoms with Crippen molar-refractivity contribution in [2.24, 2.45) is 17.8 Å². The van der Waals surface area contributed by atoms with Crippen molar-refractivity contribution in [3.05, 3.63) is 53.8 Å². The van der Waals surface area contributed by atoms with Crippen LogP contribution in [0, 0.1) is 23.6 Å². The van der Waals surface area contributed by atoms with Crippen LogP contribution >= 0.6 is 0 Å². The van der Waals surface area contributed by atoms with E-state index in [1.54, 1.807) is 18.1 Å². The SMILES string of the molecule is CCC[SiH]1CCC([C@H]2CC[C@H](CCc3ccc(-c4ccc(OC(F)(F)F)cc4)cc3F)CC2)CC1. The summed E-state index contributed by atoms with van der Waals surface area (Å²) in [6, 6.07) is 15.4. The molecule has 35 heavy (non-hydrogen) atoms. The molecule has 2 aromatic carbocycles. The van der Waals surface area contributed by atoms with Crippen LogP contribution in [-0.2, 0) is 6.42 Å². The summed E-state index contributed by atoms with van der Waals surface area (Å²) < 4.78 is 55.7. The predicted molar refractivity (Wildman–Crippen MR) is 137 cm³/mol. The minimum absolute atomic E-state index is 0.236. The third-order valence-corrected chi connectivity index (χ3v) is 12.1. The summed E-state index contributed by atoms with van der Waals surface area (Å²) in [4.78, 5) is 0. The molecule has 1 heterocycles. The molecule has 1 nitrogen and oxygen atoms in total. The van der Waals surface area contributed by atoms with E-state index in [0.29, 0.717) is 17.0 Å². The maximum atomic E-state index is 14.8. The quantitative estimate of drug-likeness (QED) is 0.256. The van der Waals surface area contributed by atoms with E-state index in [1.807, 2.05) is 12.1 Å². The van der Waals surface area contributed by atoms with Crippen molar-refractivity contribution in [3.63, 3.8) is 0 Å². The number of rotatable bonds is 8. The molecule has 0 amide bonds. The molecule has 0 radical (unpaired) electrons. The summed E-state index contributed by atoms with van der Waals surface area (Å²) in [7, 11) is -0.399. The van der Waals surface area contributed by atoms with Gasteiger partial charge in [0.1, 0.15) is 11.6 Å². The lowest BCUT2D eigenvalue weighted by Crippen LogP contribution is -2.28. The third kappa shape index (κ3) is 7.58. The number of hydrogen-bond donors (Lipinski definition) is 0. The van der Waals surface area contributed by atoms with Crippen LogP contribution in [0.25, 0.3) is 11.1 Å². The molecule has 0 N–H and O–H groups in total. The Labute approximate surface area is 208 Å². The lowest BCUT2D eigenvalue weighted by Gasteiger charge is -2.37. The predicted octanol–water partition coefficient (Wildman–Crippen LogP) is 9.18. The normalized spacial score (nSPS) is 25.4. The Kier molecular flexibility index (Phi) is 8.95. The standard InChI is InChI=1S/C29H38F4OSi/c1-2-17-35-18-15-24(16-19-35)22-6-3-21(4-7-22)5-8-25-9-10-26(20-28(25)30)23-11-13-27(14-12-23)34-29(31,32)33/h9-14,20-22,24,35H,2-8,15-19H2,1H3/t21-,22-,24?,35?. The summed E-state index contributed by atoms with van der Waals surface area (Å²) in [5.74, 6) is 2.07. The van der Waals surface area contributed by atoms with Crippen LogP contribution in [0.15, 0.2) is 42.5 Å². The monoisotopic (exact) mass is 506 g/mol. The minimum Gasteiger partial charge on any atom is -0.406 e. The van der Waals surface area contributed by atoms with Gasteiger partial charge in [0.25, 0.3) is 0 Å².